The second-order valence-corrected chi connectivity index (χ2v) is 15.3. The first-order valence-electron chi connectivity index (χ1n) is 16.5. The molecule has 3 saturated carbocycles. The molecule has 7 rings (SSSR count). The van der Waals surface area contributed by atoms with Crippen LogP contribution in [0.25, 0.3) is 0 Å². The lowest BCUT2D eigenvalue weighted by molar-refractivity contribution is -0.185. The number of rotatable bonds is 8. The molecule has 0 spiro atoms. The van der Waals surface area contributed by atoms with Crippen molar-refractivity contribution in [2.75, 3.05) is 26.2 Å². The van der Waals surface area contributed by atoms with Crippen molar-refractivity contribution in [3.8, 4) is 6.07 Å². The van der Waals surface area contributed by atoms with Gasteiger partial charge in [-0.15, -0.1) is 0 Å². The summed E-state index contributed by atoms with van der Waals surface area (Å²) in [6, 6.07) is 11.8. The molecular weight excluding hydrogens is 593 g/mol. The van der Waals surface area contributed by atoms with Crippen LogP contribution in [-0.2, 0) is 25.3 Å². The second kappa shape index (κ2) is 11.9. The maximum atomic E-state index is 13.8. The van der Waals surface area contributed by atoms with E-state index in [0.29, 0.717) is 31.2 Å². The zero-order chi connectivity index (χ0) is 33.1. The summed E-state index contributed by atoms with van der Waals surface area (Å²) >= 11 is 0. The van der Waals surface area contributed by atoms with Gasteiger partial charge in [0.2, 0.25) is 0 Å². The van der Waals surface area contributed by atoms with Crippen LogP contribution in [0.15, 0.2) is 42.0 Å². The van der Waals surface area contributed by atoms with Crippen LogP contribution >= 0.6 is 0 Å². The summed E-state index contributed by atoms with van der Waals surface area (Å²) in [5, 5.41) is 12.8. The van der Waals surface area contributed by atoms with E-state index in [-0.39, 0.29) is 36.6 Å². The van der Waals surface area contributed by atoms with Crippen molar-refractivity contribution in [1.29, 1.82) is 5.26 Å². The minimum atomic E-state index is -2.79. The fourth-order valence-electron chi connectivity index (χ4n) is 8.33. The van der Waals surface area contributed by atoms with Crippen LogP contribution in [-0.4, -0.2) is 90.3 Å². The lowest BCUT2D eigenvalue weighted by Gasteiger charge is -2.63. The summed E-state index contributed by atoms with van der Waals surface area (Å²) < 4.78 is 46.7. The second-order valence-electron chi connectivity index (χ2n) is 15.3. The van der Waals surface area contributed by atoms with Crippen molar-refractivity contribution in [2.45, 2.75) is 102 Å². The van der Waals surface area contributed by atoms with Crippen LogP contribution in [0.5, 0.6) is 0 Å². The average molecular weight is 639 g/mol. The predicted octanol–water partition coefficient (Wildman–Crippen LogP) is 4.76. The van der Waals surface area contributed by atoms with Crippen LogP contribution in [0.2, 0.25) is 0 Å². The van der Waals surface area contributed by atoms with Gasteiger partial charge in [-0.3, -0.25) is 9.69 Å². The SMILES string of the molecule is CC1(C)[C@H]2C[C@@H]1[C@@H]1OB([C@H](Cc3ccccc3)NC(=O)O[C@H]3CCN(C(=O)C(C#N)=CC(C)(C)N4CCC(F)(F)C4)C3)O[C@]1(C)C2. The molecule has 2 bridgehead atoms. The number of alkyl carbamates (subject to hydrolysis) is 1. The number of carbonyl (C=O) groups is 2. The third kappa shape index (κ3) is 6.30. The fraction of sp³-hybridized carbons (Fsp3) is 0.676. The number of nitrogens with zero attached hydrogens (tertiary/aromatic N) is 3. The Morgan fingerprint density at radius 1 is 1.24 bits per heavy atom. The maximum absolute atomic E-state index is 13.8. The smallest absolute Gasteiger partial charge is 0.444 e. The normalized spacial score (nSPS) is 32.3. The Bertz CT molecular complexity index is 1420. The molecule has 12 heteroatoms. The molecule has 1 aromatic carbocycles. The van der Waals surface area contributed by atoms with Crippen molar-refractivity contribution in [1.82, 2.24) is 15.1 Å². The van der Waals surface area contributed by atoms with Crippen molar-refractivity contribution in [2.24, 2.45) is 17.3 Å². The minimum Gasteiger partial charge on any atom is -0.444 e. The Morgan fingerprint density at radius 3 is 2.63 bits per heavy atom. The number of carbonyl (C=O) groups excluding carboxylic acids is 2. The molecule has 248 valence electrons. The first kappa shape index (κ1) is 32.9. The quantitative estimate of drug-likeness (QED) is 0.249. The molecule has 9 nitrogen and oxygen atoms in total. The first-order valence-corrected chi connectivity index (χ1v) is 16.5. The molecule has 0 aromatic heterocycles. The number of nitrogens with one attached hydrogen (secondary N) is 1. The van der Waals surface area contributed by atoms with E-state index < -0.39 is 54.8 Å². The Hall–Kier alpha value is -3.01. The first-order chi connectivity index (χ1) is 21.6. The highest BCUT2D eigenvalue weighted by Crippen LogP contribution is 2.64. The Kier molecular flexibility index (Phi) is 8.52. The summed E-state index contributed by atoms with van der Waals surface area (Å²) in [4.78, 5) is 29.7. The largest absolute Gasteiger partial charge is 0.482 e. The van der Waals surface area contributed by atoms with Crippen molar-refractivity contribution in [3.63, 3.8) is 0 Å². The third-order valence-electron chi connectivity index (χ3n) is 11.3. The number of amides is 2. The fourth-order valence-corrected chi connectivity index (χ4v) is 8.33. The van der Waals surface area contributed by atoms with Crippen LogP contribution in [0.4, 0.5) is 13.6 Å². The summed E-state index contributed by atoms with van der Waals surface area (Å²) in [6.45, 7) is 10.4. The molecular formula is C34H45BF2N4O5. The van der Waals surface area contributed by atoms with Gasteiger partial charge in [-0.1, -0.05) is 44.2 Å². The number of halogens is 2. The van der Waals surface area contributed by atoms with E-state index in [1.54, 1.807) is 18.7 Å². The zero-order valence-electron chi connectivity index (χ0n) is 27.4. The number of benzene rings is 1. The number of hydrogen-bond acceptors (Lipinski definition) is 7. The van der Waals surface area contributed by atoms with Gasteiger partial charge in [0, 0.05) is 31.5 Å². The molecule has 46 heavy (non-hydrogen) atoms. The third-order valence-corrected chi connectivity index (χ3v) is 11.3. The molecule has 3 heterocycles. The minimum absolute atomic E-state index is 0.0442. The van der Waals surface area contributed by atoms with E-state index >= 15 is 0 Å². The molecule has 0 unspecified atom stereocenters. The summed E-state index contributed by atoms with van der Waals surface area (Å²) in [5.74, 6) is -2.79. The molecule has 6 fully saturated rings. The van der Waals surface area contributed by atoms with Gasteiger partial charge in [0.25, 0.3) is 11.8 Å². The molecule has 1 aromatic rings. The molecule has 6 atom stereocenters. The van der Waals surface area contributed by atoms with E-state index in [1.165, 1.54) is 11.0 Å². The van der Waals surface area contributed by atoms with Gasteiger partial charge in [0.1, 0.15) is 17.7 Å². The summed E-state index contributed by atoms with van der Waals surface area (Å²) in [5.41, 5.74) is -0.191. The van der Waals surface area contributed by atoms with Gasteiger partial charge < -0.3 is 24.3 Å². The van der Waals surface area contributed by atoms with Crippen LogP contribution in [0.1, 0.15) is 65.9 Å². The highest BCUT2D eigenvalue weighted by atomic mass is 19.3. The van der Waals surface area contributed by atoms with Crippen LogP contribution in [0, 0.1) is 28.6 Å². The number of nitriles is 1. The van der Waals surface area contributed by atoms with E-state index in [2.05, 4.69) is 26.1 Å². The molecule has 3 saturated heterocycles. The van der Waals surface area contributed by atoms with E-state index in [1.807, 2.05) is 36.4 Å². The summed E-state index contributed by atoms with van der Waals surface area (Å²) in [6.07, 6.45) is 2.95. The van der Waals surface area contributed by atoms with E-state index in [9.17, 15) is 23.6 Å². The summed E-state index contributed by atoms with van der Waals surface area (Å²) in [7, 11) is -0.637. The monoisotopic (exact) mass is 638 g/mol. The van der Waals surface area contributed by atoms with Gasteiger partial charge in [-0.05, 0) is 68.9 Å². The van der Waals surface area contributed by atoms with Gasteiger partial charge >= 0.3 is 13.2 Å². The number of alkyl halides is 2. The van der Waals surface area contributed by atoms with E-state index in [4.69, 9.17) is 14.0 Å². The maximum Gasteiger partial charge on any atom is 0.482 e. The highest BCUT2D eigenvalue weighted by Gasteiger charge is 2.67. The van der Waals surface area contributed by atoms with Gasteiger partial charge in [-0.25, -0.2) is 13.6 Å². The van der Waals surface area contributed by atoms with Gasteiger partial charge in [0.05, 0.1) is 30.7 Å². The topological polar surface area (TPSA) is 104 Å². The van der Waals surface area contributed by atoms with Gasteiger partial charge in [0.15, 0.2) is 0 Å². The Balaban J connectivity index is 1.08. The number of hydrogen-bond donors (Lipinski definition) is 1. The van der Waals surface area contributed by atoms with Crippen molar-refractivity contribution >= 4 is 19.1 Å². The molecule has 3 aliphatic heterocycles. The van der Waals surface area contributed by atoms with Crippen LogP contribution < -0.4 is 5.32 Å². The Labute approximate surface area is 270 Å². The zero-order valence-corrected chi connectivity index (χ0v) is 27.4. The van der Waals surface area contributed by atoms with Crippen molar-refractivity contribution in [3.05, 3.63) is 47.5 Å². The van der Waals surface area contributed by atoms with E-state index in [0.717, 1.165) is 18.4 Å². The highest BCUT2D eigenvalue weighted by molar-refractivity contribution is 6.47. The molecule has 2 amide bonds. The Morgan fingerprint density at radius 2 is 1.98 bits per heavy atom. The van der Waals surface area contributed by atoms with Gasteiger partial charge in [-0.2, -0.15) is 5.26 Å². The molecule has 1 N–H and O–H groups in total. The number of ether oxygens (including phenoxy) is 1. The lowest BCUT2D eigenvalue weighted by atomic mass is 9.45. The standard InChI is InChI=1S/C34H45BF2N4O5/c1-31(2,41-14-12-34(36,37)21-41)17-23(19-38)29(42)40-13-11-25(20-40)44-30(43)39-27(15-22-9-7-6-8-10-22)35-45-28-26-16-24(32(26,3)4)18-33(28,5)46-35/h6-10,17,24-28H,11-16,18,20-21H2,1-5H3,(H,39,43)/t24-,25-,26+,27-,28-,33+/m0/s1. The average Bonchev–Trinajstić information content (AvgIpc) is 3.71. The number of likely N-dealkylation sites (tertiary alicyclic amines) is 2. The molecule has 6 aliphatic rings. The lowest BCUT2D eigenvalue weighted by Crippen LogP contribution is -2.63. The molecule has 3 aliphatic carbocycles. The van der Waals surface area contributed by atoms with Crippen molar-refractivity contribution < 1.29 is 32.4 Å². The van der Waals surface area contributed by atoms with Crippen LogP contribution in [0.3, 0.4) is 0 Å². The molecule has 0 radical (unpaired) electrons. The predicted molar refractivity (Wildman–Crippen MR) is 168 cm³/mol.